The van der Waals surface area contributed by atoms with Gasteiger partial charge in [0.25, 0.3) is 5.91 Å². The molecule has 0 fully saturated rings. The highest BCUT2D eigenvalue weighted by atomic mass is 79.9. The van der Waals surface area contributed by atoms with Gasteiger partial charge in [0.15, 0.2) is 6.61 Å². The summed E-state index contributed by atoms with van der Waals surface area (Å²) in [7, 11) is 0. The number of esters is 1. The summed E-state index contributed by atoms with van der Waals surface area (Å²) in [6, 6.07) is 10.8. The summed E-state index contributed by atoms with van der Waals surface area (Å²) in [6.45, 7) is -0.457. The number of benzene rings is 2. The van der Waals surface area contributed by atoms with Gasteiger partial charge in [0.05, 0.1) is 5.56 Å². The third-order valence-electron chi connectivity index (χ3n) is 3.00. The van der Waals surface area contributed by atoms with Crippen LogP contribution in [0.5, 0.6) is 0 Å². The topological polar surface area (TPSA) is 81.4 Å². The Bertz CT molecular complexity index is 737. The third-order valence-corrected chi connectivity index (χ3v) is 3.50. The normalized spacial score (nSPS) is 10.2. The van der Waals surface area contributed by atoms with Crippen molar-refractivity contribution in [2.45, 2.75) is 6.54 Å². The Balaban J connectivity index is 1.86. The summed E-state index contributed by atoms with van der Waals surface area (Å²) in [6.07, 6.45) is 0. The highest BCUT2D eigenvalue weighted by Crippen LogP contribution is 2.19. The minimum absolute atomic E-state index is 0.0160. The minimum atomic E-state index is -0.704. The van der Waals surface area contributed by atoms with E-state index in [0.29, 0.717) is 10.0 Å². The van der Waals surface area contributed by atoms with Crippen LogP contribution in [0, 0.1) is 5.82 Å². The first-order chi connectivity index (χ1) is 11.0. The molecule has 0 saturated carbocycles. The number of nitrogens with one attached hydrogen (secondary N) is 1. The maximum absolute atomic E-state index is 13.4. The molecule has 120 valence electrons. The molecule has 0 radical (unpaired) electrons. The number of amides is 1. The highest BCUT2D eigenvalue weighted by Gasteiger charge is 2.14. The average molecular weight is 381 g/mol. The maximum Gasteiger partial charge on any atom is 0.340 e. The van der Waals surface area contributed by atoms with Crippen molar-refractivity contribution >= 4 is 33.5 Å². The SMILES string of the molecule is Nc1ccc(Br)cc1C(=O)OCC(=O)NCc1ccccc1F. The number of rotatable bonds is 5. The second-order valence-electron chi connectivity index (χ2n) is 4.68. The molecular formula is C16H14BrFN2O3. The second kappa shape index (κ2) is 7.73. The number of carbonyl (C=O) groups excluding carboxylic acids is 2. The van der Waals surface area contributed by atoms with E-state index in [4.69, 9.17) is 10.5 Å². The van der Waals surface area contributed by atoms with Crippen molar-refractivity contribution in [1.82, 2.24) is 5.32 Å². The number of nitrogen functional groups attached to an aromatic ring is 1. The van der Waals surface area contributed by atoms with Gasteiger partial charge < -0.3 is 15.8 Å². The molecular weight excluding hydrogens is 367 g/mol. The molecule has 0 atom stereocenters. The molecule has 0 unspecified atom stereocenters. The molecule has 0 saturated heterocycles. The molecule has 5 nitrogen and oxygen atoms in total. The van der Waals surface area contributed by atoms with Crippen LogP contribution in [0.2, 0.25) is 0 Å². The van der Waals surface area contributed by atoms with Crippen molar-refractivity contribution in [3.63, 3.8) is 0 Å². The van der Waals surface area contributed by atoms with E-state index in [-0.39, 0.29) is 17.8 Å². The van der Waals surface area contributed by atoms with E-state index < -0.39 is 24.3 Å². The van der Waals surface area contributed by atoms with Gasteiger partial charge in [-0.3, -0.25) is 4.79 Å². The summed E-state index contributed by atoms with van der Waals surface area (Å²) in [5.74, 6) is -1.65. The lowest BCUT2D eigenvalue weighted by atomic mass is 10.2. The number of halogens is 2. The lowest BCUT2D eigenvalue weighted by Crippen LogP contribution is -2.28. The number of hydrogen-bond acceptors (Lipinski definition) is 4. The van der Waals surface area contributed by atoms with Gasteiger partial charge in [-0.2, -0.15) is 0 Å². The van der Waals surface area contributed by atoms with Crippen molar-refractivity contribution < 1.29 is 18.7 Å². The van der Waals surface area contributed by atoms with E-state index in [1.807, 2.05) is 0 Å². The van der Waals surface area contributed by atoms with Gasteiger partial charge in [0, 0.05) is 22.3 Å². The van der Waals surface area contributed by atoms with Crippen molar-refractivity contribution in [2.24, 2.45) is 0 Å². The molecule has 23 heavy (non-hydrogen) atoms. The van der Waals surface area contributed by atoms with Gasteiger partial charge in [0.2, 0.25) is 0 Å². The summed E-state index contributed by atoms with van der Waals surface area (Å²) in [5.41, 5.74) is 6.46. The zero-order chi connectivity index (χ0) is 16.8. The van der Waals surface area contributed by atoms with Crippen LogP contribution in [0.1, 0.15) is 15.9 Å². The Kier molecular flexibility index (Phi) is 5.70. The highest BCUT2D eigenvalue weighted by molar-refractivity contribution is 9.10. The van der Waals surface area contributed by atoms with Gasteiger partial charge in [-0.05, 0) is 24.3 Å². The van der Waals surface area contributed by atoms with Crippen molar-refractivity contribution in [3.05, 3.63) is 63.9 Å². The largest absolute Gasteiger partial charge is 0.452 e. The van der Waals surface area contributed by atoms with E-state index in [0.717, 1.165) is 0 Å². The Morgan fingerprint density at radius 2 is 1.96 bits per heavy atom. The van der Waals surface area contributed by atoms with Crippen LogP contribution >= 0.6 is 15.9 Å². The zero-order valence-corrected chi connectivity index (χ0v) is 13.6. The van der Waals surface area contributed by atoms with E-state index in [1.165, 1.54) is 12.1 Å². The summed E-state index contributed by atoms with van der Waals surface area (Å²) < 4.78 is 19.0. The van der Waals surface area contributed by atoms with Gasteiger partial charge in [-0.15, -0.1) is 0 Å². The van der Waals surface area contributed by atoms with E-state index in [2.05, 4.69) is 21.2 Å². The van der Waals surface area contributed by atoms with Crippen LogP contribution in [0.3, 0.4) is 0 Å². The molecule has 2 aromatic rings. The smallest absolute Gasteiger partial charge is 0.340 e. The van der Waals surface area contributed by atoms with Crippen LogP contribution in [-0.4, -0.2) is 18.5 Å². The molecule has 2 rings (SSSR count). The molecule has 1 amide bonds. The predicted molar refractivity (Wildman–Crippen MR) is 87.1 cm³/mol. The molecule has 0 aromatic heterocycles. The van der Waals surface area contributed by atoms with Crippen LogP contribution in [-0.2, 0) is 16.1 Å². The van der Waals surface area contributed by atoms with Gasteiger partial charge in [0.1, 0.15) is 5.82 Å². The number of nitrogens with two attached hydrogens (primary N) is 1. The standard InChI is InChI=1S/C16H14BrFN2O3/c17-11-5-6-14(19)12(7-11)16(22)23-9-15(21)20-8-10-3-1-2-4-13(10)18/h1-7H,8-9,19H2,(H,20,21). The fourth-order valence-corrected chi connectivity index (χ4v) is 2.16. The lowest BCUT2D eigenvalue weighted by molar-refractivity contribution is -0.124. The van der Waals surface area contributed by atoms with E-state index in [9.17, 15) is 14.0 Å². The molecule has 7 heteroatoms. The molecule has 0 heterocycles. The number of ether oxygens (including phenoxy) is 1. The first-order valence-electron chi connectivity index (χ1n) is 6.69. The monoisotopic (exact) mass is 380 g/mol. The summed E-state index contributed by atoms with van der Waals surface area (Å²) in [5, 5.41) is 2.48. The van der Waals surface area contributed by atoms with Crippen molar-refractivity contribution in [1.29, 1.82) is 0 Å². The first kappa shape index (κ1) is 17.0. The molecule has 0 spiro atoms. The Hall–Kier alpha value is -2.41. The molecule has 2 aromatic carbocycles. The fourth-order valence-electron chi connectivity index (χ4n) is 1.80. The van der Waals surface area contributed by atoms with Crippen molar-refractivity contribution in [3.8, 4) is 0 Å². The number of hydrogen-bond donors (Lipinski definition) is 2. The second-order valence-corrected chi connectivity index (χ2v) is 5.59. The minimum Gasteiger partial charge on any atom is -0.452 e. The third kappa shape index (κ3) is 4.79. The lowest BCUT2D eigenvalue weighted by Gasteiger charge is -2.08. The quantitative estimate of drug-likeness (QED) is 0.617. The molecule has 0 aliphatic heterocycles. The van der Waals surface area contributed by atoms with Crippen LogP contribution in [0.25, 0.3) is 0 Å². The Labute approximate surface area is 140 Å². The Morgan fingerprint density at radius 3 is 2.70 bits per heavy atom. The van der Waals surface area contributed by atoms with Crippen LogP contribution in [0.4, 0.5) is 10.1 Å². The number of carbonyl (C=O) groups is 2. The van der Waals surface area contributed by atoms with Gasteiger partial charge in [-0.1, -0.05) is 34.1 Å². The van der Waals surface area contributed by atoms with Crippen LogP contribution in [0.15, 0.2) is 46.9 Å². The Morgan fingerprint density at radius 1 is 1.22 bits per heavy atom. The van der Waals surface area contributed by atoms with Gasteiger partial charge in [-0.25, -0.2) is 9.18 Å². The predicted octanol–water partition coefficient (Wildman–Crippen LogP) is 2.64. The molecule has 0 bridgehead atoms. The van der Waals surface area contributed by atoms with E-state index in [1.54, 1.807) is 30.3 Å². The molecule has 3 N–H and O–H groups in total. The summed E-state index contributed by atoms with van der Waals surface area (Å²) >= 11 is 3.22. The number of anilines is 1. The zero-order valence-electron chi connectivity index (χ0n) is 12.0. The molecule has 0 aliphatic carbocycles. The fraction of sp³-hybridized carbons (Fsp3) is 0.125. The van der Waals surface area contributed by atoms with Gasteiger partial charge >= 0.3 is 5.97 Å². The van der Waals surface area contributed by atoms with Crippen molar-refractivity contribution in [2.75, 3.05) is 12.3 Å². The average Bonchev–Trinajstić information content (AvgIpc) is 2.54. The molecule has 0 aliphatic rings. The first-order valence-corrected chi connectivity index (χ1v) is 7.49. The van der Waals surface area contributed by atoms with Crippen LogP contribution < -0.4 is 11.1 Å². The maximum atomic E-state index is 13.4. The summed E-state index contributed by atoms with van der Waals surface area (Å²) in [4.78, 5) is 23.6. The van der Waals surface area contributed by atoms with E-state index >= 15 is 0 Å².